The molecule has 2 heterocycles. The van der Waals surface area contributed by atoms with E-state index in [2.05, 4.69) is 10.1 Å². The molecule has 0 saturated heterocycles. The molecule has 0 unspecified atom stereocenters. The molecule has 0 radical (unpaired) electrons. The normalized spacial score (nSPS) is 10.7. The molecule has 5 heteroatoms. The first kappa shape index (κ1) is 12.3. The van der Waals surface area contributed by atoms with Crippen molar-refractivity contribution in [3.05, 3.63) is 60.0 Å². The van der Waals surface area contributed by atoms with Crippen LogP contribution in [0.2, 0.25) is 0 Å². The number of nitrogens with two attached hydrogens (primary N) is 1. The smallest absolute Gasteiger partial charge is 0.155 e. The third-order valence-electron chi connectivity index (χ3n) is 2.98. The fourth-order valence-corrected chi connectivity index (χ4v) is 2.00. The van der Waals surface area contributed by atoms with Crippen LogP contribution in [0.4, 0.5) is 10.2 Å². The molecule has 4 nitrogen and oxygen atoms in total. The first-order valence-electron chi connectivity index (χ1n) is 6.18. The summed E-state index contributed by atoms with van der Waals surface area (Å²) in [5.74, 6) is 0.803. The van der Waals surface area contributed by atoms with Crippen LogP contribution in [0.15, 0.2) is 48.7 Å². The molecule has 0 fully saturated rings. The molecule has 20 heavy (non-hydrogen) atoms. The van der Waals surface area contributed by atoms with Gasteiger partial charge < -0.3 is 5.73 Å². The van der Waals surface area contributed by atoms with Crippen molar-refractivity contribution in [1.82, 2.24) is 14.8 Å². The van der Waals surface area contributed by atoms with Gasteiger partial charge in [-0.1, -0.05) is 12.1 Å². The lowest BCUT2D eigenvalue weighted by atomic mass is 10.1. The van der Waals surface area contributed by atoms with E-state index in [0.717, 1.165) is 5.56 Å². The highest BCUT2D eigenvalue weighted by Gasteiger charge is 2.10. The number of anilines is 1. The summed E-state index contributed by atoms with van der Waals surface area (Å²) in [7, 11) is 0. The molecule has 0 saturated carbocycles. The van der Waals surface area contributed by atoms with Crippen LogP contribution in [0, 0.1) is 12.7 Å². The van der Waals surface area contributed by atoms with E-state index in [1.54, 1.807) is 29.1 Å². The summed E-state index contributed by atoms with van der Waals surface area (Å²) in [6.45, 7) is 1.97. The minimum absolute atomic E-state index is 0.302. The van der Waals surface area contributed by atoms with Crippen LogP contribution < -0.4 is 5.73 Å². The summed E-state index contributed by atoms with van der Waals surface area (Å²) >= 11 is 0. The zero-order valence-electron chi connectivity index (χ0n) is 10.9. The number of aryl methyl sites for hydroxylation is 1. The molecule has 2 N–H and O–H groups in total. The van der Waals surface area contributed by atoms with Gasteiger partial charge in [0, 0.05) is 17.8 Å². The molecule has 3 aromatic rings. The quantitative estimate of drug-likeness (QED) is 0.777. The molecule has 3 rings (SSSR count). The molecule has 1 aromatic carbocycles. The highest BCUT2D eigenvalue weighted by atomic mass is 19.1. The van der Waals surface area contributed by atoms with Crippen LogP contribution in [0.1, 0.15) is 5.56 Å². The van der Waals surface area contributed by atoms with Crippen LogP contribution in [-0.4, -0.2) is 14.8 Å². The van der Waals surface area contributed by atoms with E-state index in [4.69, 9.17) is 5.73 Å². The fraction of sp³-hybridized carbons (Fsp3) is 0.0667. The lowest BCUT2D eigenvalue weighted by Gasteiger charge is -2.03. The summed E-state index contributed by atoms with van der Waals surface area (Å²) in [4.78, 5) is 4.24. The van der Waals surface area contributed by atoms with Crippen LogP contribution in [0.25, 0.3) is 17.1 Å². The molecule has 0 amide bonds. The van der Waals surface area contributed by atoms with Crippen LogP contribution in [-0.2, 0) is 0 Å². The largest absolute Gasteiger partial charge is 0.384 e. The van der Waals surface area contributed by atoms with Gasteiger partial charge in [0.25, 0.3) is 0 Å². The Balaban J connectivity index is 2.08. The number of nitrogen functional groups attached to an aromatic ring is 1. The zero-order chi connectivity index (χ0) is 14.1. The molecule has 0 aliphatic heterocycles. The van der Waals surface area contributed by atoms with Gasteiger partial charge in [-0.05, 0) is 36.8 Å². The maximum Gasteiger partial charge on any atom is 0.155 e. The summed E-state index contributed by atoms with van der Waals surface area (Å²) in [5.41, 5.74) is 8.33. The summed E-state index contributed by atoms with van der Waals surface area (Å²) in [6.07, 6.45) is 1.70. The molecular formula is C15H13FN4. The van der Waals surface area contributed by atoms with E-state index in [9.17, 15) is 4.39 Å². The number of hydrogen-bond donors (Lipinski definition) is 1. The molecule has 100 valence electrons. The monoisotopic (exact) mass is 268 g/mol. The number of pyridine rings is 1. The van der Waals surface area contributed by atoms with E-state index in [1.807, 2.05) is 19.1 Å². The van der Waals surface area contributed by atoms with Crippen LogP contribution in [0.5, 0.6) is 0 Å². The van der Waals surface area contributed by atoms with Gasteiger partial charge in [0.15, 0.2) is 5.82 Å². The minimum Gasteiger partial charge on any atom is -0.384 e. The highest BCUT2D eigenvalue weighted by molar-refractivity contribution is 5.63. The van der Waals surface area contributed by atoms with Gasteiger partial charge >= 0.3 is 0 Å². The summed E-state index contributed by atoms with van der Waals surface area (Å²) in [5, 5.41) is 4.39. The molecule has 0 aliphatic carbocycles. The molecule has 2 aromatic heterocycles. The number of benzene rings is 1. The van der Waals surface area contributed by atoms with Gasteiger partial charge in [-0.3, -0.25) is 0 Å². The third-order valence-corrected chi connectivity index (χ3v) is 2.98. The molecule has 0 aliphatic rings. The second kappa shape index (κ2) is 4.77. The number of halogens is 1. The van der Waals surface area contributed by atoms with Crippen molar-refractivity contribution in [3.8, 4) is 17.1 Å². The number of hydrogen-bond acceptors (Lipinski definition) is 3. The van der Waals surface area contributed by atoms with Gasteiger partial charge in [-0.15, -0.1) is 0 Å². The van der Waals surface area contributed by atoms with Gasteiger partial charge in [0.05, 0.1) is 5.69 Å². The molecular weight excluding hydrogens is 255 g/mol. The number of rotatable bonds is 2. The zero-order valence-corrected chi connectivity index (χ0v) is 10.9. The lowest BCUT2D eigenvalue weighted by molar-refractivity contribution is 0.628. The number of nitrogens with zero attached hydrogens (tertiary/aromatic N) is 3. The SMILES string of the molecule is Cc1ccnc(-n2nc(-c3cccc(F)c3)cc2N)c1. The minimum atomic E-state index is -0.302. The first-order chi connectivity index (χ1) is 9.63. The Morgan fingerprint density at radius 2 is 2.00 bits per heavy atom. The van der Waals surface area contributed by atoms with Gasteiger partial charge in [0.2, 0.25) is 0 Å². The molecule has 0 spiro atoms. The van der Waals surface area contributed by atoms with Crippen molar-refractivity contribution in [1.29, 1.82) is 0 Å². The van der Waals surface area contributed by atoms with E-state index in [0.29, 0.717) is 22.9 Å². The average Bonchev–Trinajstić information content (AvgIpc) is 2.81. The predicted octanol–water partition coefficient (Wildman–Crippen LogP) is 2.96. The second-order valence-electron chi connectivity index (χ2n) is 4.57. The van der Waals surface area contributed by atoms with Crippen molar-refractivity contribution in [2.75, 3.05) is 5.73 Å². The predicted molar refractivity (Wildman–Crippen MR) is 75.9 cm³/mol. The van der Waals surface area contributed by atoms with Crippen molar-refractivity contribution in [2.45, 2.75) is 6.92 Å². The Morgan fingerprint density at radius 1 is 1.15 bits per heavy atom. The molecule has 0 atom stereocenters. The van der Waals surface area contributed by atoms with E-state index < -0.39 is 0 Å². The first-order valence-corrected chi connectivity index (χ1v) is 6.18. The Hall–Kier alpha value is -2.69. The van der Waals surface area contributed by atoms with Crippen molar-refractivity contribution in [2.24, 2.45) is 0 Å². The Labute approximate surface area is 115 Å². The standard InChI is InChI=1S/C15H13FN4/c1-10-5-6-18-15(7-10)20-14(17)9-13(19-20)11-3-2-4-12(16)8-11/h2-9H,17H2,1H3. The Morgan fingerprint density at radius 3 is 2.75 bits per heavy atom. The summed E-state index contributed by atoms with van der Waals surface area (Å²) < 4.78 is 14.8. The fourth-order valence-electron chi connectivity index (χ4n) is 2.00. The van der Waals surface area contributed by atoms with Gasteiger partial charge in [0.1, 0.15) is 11.6 Å². The topological polar surface area (TPSA) is 56.7 Å². The molecule has 0 bridgehead atoms. The highest BCUT2D eigenvalue weighted by Crippen LogP contribution is 2.23. The van der Waals surface area contributed by atoms with Crippen molar-refractivity contribution in [3.63, 3.8) is 0 Å². The van der Waals surface area contributed by atoms with E-state index >= 15 is 0 Å². The van der Waals surface area contributed by atoms with Gasteiger partial charge in [-0.2, -0.15) is 9.78 Å². The van der Waals surface area contributed by atoms with Crippen molar-refractivity contribution >= 4 is 5.82 Å². The maximum absolute atomic E-state index is 13.3. The van der Waals surface area contributed by atoms with Crippen LogP contribution in [0.3, 0.4) is 0 Å². The second-order valence-corrected chi connectivity index (χ2v) is 4.57. The van der Waals surface area contributed by atoms with Gasteiger partial charge in [-0.25, -0.2) is 9.37 Å². The number of aromatic nitrogens is 3. The van der Waals surface area contributed by atoms with E-state index in [1.165, 1.54) is 12.1 Å². The van der Waals surface area contributed by atoms with Crippen LogP contribution >= 0.6 is 0 Å². The lowest BCUT2D eigenvalue weighted by Crippen LogP contribution is -2.03. The average molecular weight is 268 g/mol. The summed E-state index contributed by atoms with van der Waals surface area (Å²) in [6, 6.07) is 11.7. The Kier molecular flexibility index (Phi) is 2.95. The van der Waals surface area contributed by atoms with E-state index in [-0.39, 0.29) is 5.82 Å². The van der Waals surface area contributed by atoms with Crippen molar-refractivity contribution < 1.29 is 4.39 Å². The third kappa shape index (κ3) is 2.25. The Bertz CT molecular complexity index is 764. The maximum atomic E-state index is 13.3.